The highest BCUT2D eigenvalue weighted by Gasteiger charge is 2.30. The topological polar surface area (TPSA) is 63.9 Å². The van der Waals surface area contributed by atoms with Crippen LogP contribution in [0.2, 0.25) is 0 Å². The summed E-state index contributed by atoms with van der Waals surface area (Å²) in [6.07, 6.45) is 3.64. The van der Waals surface area contributed by atoms with Crippen molar-refractivity contribution in [1.82, 2.24) is 4.98 Å². The van der Waals surface area contributed by atoms with Crippen LogP contribution >= 0.6 is 0 Å². The number of hydrogen-bond donors (Lipinski definition) is 2. The van der Waals surface area contributed by atoms with Crippen LogP contribution < -0.4 is 4.90 Å². The number of phenols is 1. The van der Waals surface area contributed by atoms with Crippen LogP contribution in [-0.4, -0.2) is 35.8 Å². The summed E-state index contributed by atoms with van der Waals surface area (Å²) in [5.74, 6) is 0.143. The van der Waals surface area contributed by atoms with E-state index < -0.39 is 0 Å². The summed E-state index contributed by atoms with van der Waals surface area (Å²) in [5.41, 5.74) is 1.80. The SMILES string of the molecule is CCOC(=O)[C@H]1CCC[NH+](Cc2ccc(O)c3ncccc23)C1. The molecule has 0 bridgehead atoms. The summed E-state index contributed by atoms with van der Waals surface area (Å²) in [7, 11) is 0. The number of hydrogen-bond acceptors (Lipinski definition) is 4. The average Bonchev–Trinajstić information content (AvgIpc) is 2.58. The highest BCUT2D eigenvalue weighted by atomic mass is 16.5. The summed E-state index contributed by atoms with van der Waals surface area (Å²) in [6.45, 7) is 4.98. The van der Waals surface area contributed by atoms with Crippen LogP contribution in [-0.2, 0) is 16.1 Å². The van der Waals surface area contributed by atoms with Crippen LogP contribution in [0.1, 0.15) is 25.3 Å². The number of esters is 1. The van der Waals surface area contributed by atoms with Gasteiger partial charge in [-0.2, -0.15) is 0 Å². The van der Waals surface area contributed by atoms with Gasteiger partial charge in [-0.15, -0.1) is 0 Å². The van der Waals surface area contributed by atoms with Gasteiger partial charge in [0.2, 0.25) is 0 Å². The molecule has 0 spiro atoms. The highest BCUT2D eigenvalue weighted by molar-refractivity contribution is 5.87. The predicted octanol–water partition coefficient (Wildman–Crippen LogP) is 1.30. The Morgan fingerprint density at radius 3 is 3.13 bits per heavy atom. The van der Waals surface area contributed by atoms with Crippen molar-refractivity contribution in [3.8, 4) is 5.75 Å². The lowest BCUT2D eigenvalue weighted by Gasteiger charge is -2.29. The molecule has 0 amide bonds. The van der Waals surface area contributed by atoms with Crippen molar-refractivity contribution in [3.05, 3.63) is 36.0 Å². The molecule has 5 heteroatoms. The van der Waals surface area contributed by atoms with E-state index in [1.165, 1.54) is 4.90 Å². The van der Waals surface area contributed by atoms with Crippen LogP contribution in [0.4, 0.5) is 0 Å². The number of rotatable bonds is 4. The number of phenolic OH excluding ortho intramolecular Hbond substituents is 1. The molecule has 0 aliphatic carbocycles. The molecule has 0 radical (unpaired) electrons. The Morgan fingerprint density at radius 2 is 2.30 bits per heavy atom. The van der Waals surface area contributed by atoms with Gasteiger partial charge in [-0.25, -0.2) is 0 Å². The second-order valence-electron chi connectivity index (χ2n) is 6.12. The Morgan fingerprint density at radius 1 is 1.43 bits per heavy atom. The van der Waals surface area contributed by atoms with Gasteiger partial charge in [0, 0.05) is 17.1 Å². The first kappa shape index (κ1) is 15.7. The molecule has 1 aliphatic rings. The van der Waals surface area contributed by atoms with Gasteiger partial charge in [-0.05, 0) is 38.0 Å². The lowest BCUT2D eigenvalue weighted by Crippen LogP contribution is -3.12. The van der Waals surface area contributed by atoms with E-state index >= 15 is 0 Å². The van der Waals surface area contributed by atoms with Crippen molar-refractivity contribution in [2.24, 2.45) is 5.92 Å². The van der Waals surface area contributed by atoms with Crippen molar-refractivity contribution in [2.75, 3.05) is 19.7 Å². The van der Waals surface area contributed by atoms with E-state index in [1.807, 2.05) is 25.1 Å². The van der Waals surface area contributed by atoms with Gasteiger partial charge in [0.25, 0.3) is 0 Å². The first-order valence-corrected chi connectivity index (χ1v) is 8.24. The zero-order chi connectivity index (χ0) is 16.2. The molecule has 1 aromatic heterocycles. The van der Waals surface area contributed by atoms with E-state index in [0.717, 1.165) is 43.4 Å². The minimum atomic E-state index is -0.0677. The molecule has 2 aromatic rings. The van der Waals surface area contributed by atoms with Crippen molar-refractivity contribution < 1.29 is 19.5 Å². The standard InChI is InChI=1S/C18H22N2O3/c1-2-23-18(22)14-5-4-10-20(12-14)11-13-7-8-16(21)17-15(13)6-3-9-19-17/h3,6-9,14,21H,2,4-5,10-12H2,1H3/p+1/t14-/m0/s1. The average molecular weight is 315 g/mol. The Labute approximate surface area is 135 Å². The number of quaternary nitrogens is 1. The number of nitrogens with zero attached hydrogens (tertiary/aromatic N) is 1. The third-order valence-corrected chi connectivity index (χ3v) is 4.52. The lowest BCUT2D eigenvalue weighted by atomic mass is 9.97. The minimum Gasteiger partial charge on any atom is -0.506 e. The van der Waals surface area contributed by atoms with Crippen molar-refractivity contribution in [2.45, 2.75) is 26.3 Å². The lowest BCUT2D eigenvalue weighted by molar-refractivity contribution is -0.921. The second-order valence-corrected chi connectivity index (χ2v) is 6.12. The third-order valence-electron chi connectivity index (χ3n) is 4.52. The monoisotopic (exact) mass is 315 g/mol. The van der Waals surface area contributed by atoms with E-state index in [-0.39, 0.29) is 17.6 Å². The molecule has 0 saturated carbocycles. The number of likely N-dealkylation sites (tertiary alicyclic amines) is 1. The van der Waals surface area contributed by atoms with Crippen molar-refractivity contribution >= 4 is 16.9 Å². The van der Waals surface area contributed by atoms with E-state index in [1.54, 1.807) is 12.3 Å². The molecule has 1 fully saturated rings. The van der Waals surface area contributed by atoms with Crippen LogP contribution in [0.5, 0.6) is 5.75 Å². The first-order valence-electron chi connectivity index (χ1n) is 8.24. The summed E-state index contributed by atoms with van der Waals surface area (Å²) in [5, 5.41) is 10.9. The molecule has 2 heterocycles. The van der Waals surface area contributed by atoms with E-state index in [9.17, 15) is 9.90 Å². The number of piperidine rings is 1. The maximum Gasteiger partial charge on any atom is 0.314 e. The normalized spacial score (nSPS) is 21.3. The number of ether oxygens (including phenoxy) is 1. The van der Waals surface area contributed by atoms with E-state index in [2.05, 4.69) is 4.98 Å². The van der Waals surface area contributed by atoms with Gasteiger partial charge in [0.1, 0.15) is 23.7 Å². The third kappa shape index (κ3) is 3.45. The maximum absolute atomic E-state index is 12.0. The summed E-state index contributed by atoms with van der Waals surface area (Å²) in [4.78, 5) is 17.6. The number of pyridine rings is 1. The largest absolute Gasteiger partial charge is 0.506 e. The fourth-order valence-corrected chi connectivity index (χ4v) is 3.41. The van der Waals surface area contributed by atoms with E-state index in [0.29, 0.717) is 12.1 Å². The van der Waals surface area contributed by atoms with Gasteiger partial charge in [0.15, 0.2) is 0 Å². The van der Waals surface area contributed by atoms with Gasteiger partial charge >= 0.3 is 5.97 Å². The molecule has 23 heavy (non-hydrogen) atoms. The van der Waals surface area contributed by atoms with Crippen molar-refractivity contribution in [3.63, 3.8) is 0 Å². The number of aromatic nitrogens is 1. The van der Waals surface area contributed by atoms with E-state index in [4.69, 9.17) is 4.74 Å². The number of nitrogens with one attached hydrogen (secondary N) is 1. The highest BCUT2D eigenvalue weighted by Crippen LogP contribution is 2.25. The number of aromatic hydroxyl groups is 1. The predicted molar refractivity (Wildman–Crippen MR) is 87.2 cm³/mol. The molecule has 3 rings (SSSR count). The molecule has 2 atom stereocenters. The number of carbonyl (C=O) groups is 1. The first-order chi connectivity index (χ1) is 11.2. The van der Waals surface area contributed by atoms with Gasteiger partial charge in [-0.3, -0.25) is 9.78 Å². The minimum absolute atomic E-state index is 0.000189. The summed E-state index contributed by atoms with van der Waals surface area (Å²) >= 11 is 0. The van der Waals surface area contributed by atoms with Crippen LogP contribution in [0, 0.1) is 5.92 Å². The summed E-state index contributed by atoms with van der Waals surface area (Å²) in [6, 6.07) is 7.54. The Hall–Kier alpha value is -2.14. The van der Waals surface area contributed by atoms with Crippen LogP contribution in [0.15, 0.2) is 30.5 Å². The molecule has 1 saturated heterocycles. The van der Waals surface area contributed by atoms with Gasteiger partial charge in [0.05, 0.1) is 19.7 Å². The Bertz CT molecular complexity index is 702. The molecule has 1 unspecified atom stereocenters. The molecule has 122 valence electrons. The fraction of sp³-hybridized carbons (Fsp3) is 0.444. The molecule has 1 aromatic carbocycles. The zero-order valence-electron chi connectivity index (χ0n) is 13.4. The smallest absolute Gasteiger partial charge is 0.314 e. The maximum atomic E-state index is 12.0. The van der Waals surface area contributed by atoms with Crippen molar-refractivity contribution in [1.29, 1.82) is 0 Å². The molecular weight excluding hydrogens is 292 g/mol. The van der Waals surface area contributed by atoms with Crippen LogP contribution in [0.3, 0.4) is 0 Å². The van der Waals surface area contributed by atoms with Gasteiger partial charge in [-0.1, -0.05) is 6.07 Å². The molecule has 1 aliphatic heterocycles. The van der Waals surface area contributed by atoms with Gasteiger partial charge < -0.3 is 14.7 Å². The quantitative estimate of drug-likeness (QED) is 0.835. The number of benzene rings is 1. The second kappa shape index (κ2) is 6.96. The molecule has 2 N–H and O–H groups in total. The Balaban J connectivity index is 1.77. The number of carbonyl (C=O) groups excluding carboxylic acids is 1. The van der Waals surface area contributed by atoms with Crippen LogP contribution in [0.25, 0.3) is 10.9 Å². The Kier molecular flexibility index (Phi) is 4.76. The summed E-state index contributed by atoms with van der Waals surface area (Å²) < 4.78 is 5.17. The molecule has 5 nitrogen and oxygen atoms in total. The molecular formula is C18H23N2O3+. The fourth-order valence-electron chi connectivity index (χ4n) is 3.41. The zero-order valence-corrected chi connectivity index (χ0v) is 13.4. The number of fused-ring (bicyclic) bond motifs is 1.